The molecule has 0 aromatic heterocycles. The summed E-state index contributed by atoms with van der Waals surface area (Å²) in [5.74, 6) is 1.74. The second-order valence-electron chi connectivity index (χ2n) is 5.03. The van der Waals surface area contributed by atoms with Crippen molar-refractivity contribution in [3.63, 3.8) is 0 Å². The van der Waals surface area contributed by atoms with Crippen LogP contribution in [0.1, 0.15) is 26.7 Å². The highest BCUT2D eigenvalue weighted by molar-refractivity contribution is 4.98. The summed E-state index contributed by atoms with van der Waals surface area (Å²) >= 11 is 0. The van der Waals surface area contributed by atoms with Crippen LogP contribution in [0, 0.1) is 11.8 Å². The van der Waals surface area contributed by atoms with Gasteiger partial charge in [0, 0.05) is 12.1 Å². The molecule has 2 heterocycles. The minimum absolute atomic E-state index is 0.765. The van der Waals surface area contributed by atoms with Crippen LogP contribution in [0.15, 0.2) is 0 Å². The van der Waals surface area contributed by atoms with E-state index in [9.17, 15) is 0 Å². The first-order valence-corrected chi connectivity index (χ1v) is 5.64. The van der Waals surface area contributed by atoms with Gasteiger partial charge in [-0.2, -0.15) is 0 Å². The maximum absolute atomic E-state index is 3.68. The summed E-state index contributed by atoms with van der Waals surface area (Å²) in [5, 5.41) is 3.68. The zero-order valence-corrected chi connectivity index (χ0v) is 9.09. The van der Waals surface area contributed by atoms with Crippen LogP contribution in [0.5, 0.6) is 0 Å². The van der Waals surface area contributed by atoms with Gasteiger partial charge in [0.05, 0.1) is 0 Å². The predicted octanol–water partition coefficient (Wildman–Crippen LogP) is 1.32. The van der Waals surface area contributed by atoms with Gasteiger partial charge in [-0.05, 0) is 44.8 Å². The average Bonchev–Trinajstić information content (AvgIpc) is 2.50. The molecule has 13 heavy (non-hydrogen) atoms. The lowest BCUT2D eigenvalue weighted by Gasteiger charge is -2.43. The number of fused-ring (bicyclic) bond motifs is 1. The predicted molar refractivity (Wildman–Crippen MR) is 55.8 cm³/mol. The maximum atomic E-state index is 3.68. The minimum atomic E-state index is 0.765. The Morgan fingerprint density at radius 2 is 2.08 bits per heavy atom. The van der Waals surface area contributed by atoms with Gasteiger partial charge in [0.1, 0.15) is 0 Å². The third-order valence-corrected chi connectivity index (χ3v) is 3.82. The van der Waals surface area contributed by atoms with Gasteiger partial charge >= 0.3 is 0 Å². The van der Waals surface area contributed by atoms with E-state index in [4.69, 9.17) is 0 Å². The molecule has 2 aliphatic heterocycles. The van der Waals surface area contributed by atoms with Gasteiger partial charge in [0.2, 0.25) is 0 Å². The van der Waals surface area contributed by atoms with Gasteiger partial charge in [-0.15, -0.1) is 0 Å². The SMILES string of the molecule is CC(C)C1C2NCCC2CCN1C. The molecule has 3 atom stereocenters. The molecule has 0 amide bonds. The molecule has 2 fully saturated rings. The van der Waals surface area contributed by atoms with Crippen molar-refractivity contribution >= 4 is 0 Å². The van der Waals surface area contributed by atoms with Gasteiger partial charge in [-0.1, -0.05) is 13.8 Å². The lowest BCUT2D eigenvalue weighted by molar-refractivity contribution is 0.0858. The molecule has 0 radical (unpaired) electrons. The zero-order valence-electron chi connectivity index (χ0n) is 9.09. The third kappa shape index (κ3) is 1.62. The van der Waals surface area contributed by atoms with Crippen LogP contribution in [0.4, 0.5) is 0 Å². The van der Waals surface area contributed by atoms with E-state index in [2.05, 4.69) is 31.1 Å². The highest BCUT2D eigenvalue weighted by Crippen LogP contribution is 2.31. The number of hydrogen-bond donors (Lipinski definition) is 1. The molecular weight excluding hydrogens is 160 g/mol. The molecule has 0 aliphatic carbocycles. The Labute approximate surface area is 81.7 Å². The van der Waals surface area contributed by atoms with E-state index in [1.165, 1.54) is 25.9 Å². The lowest BCUT2D eigenvalue weighted by Crippen LogP contribution is -2.55. The minimum Gasteiger partial charge on any atom is -0.312 e. The summed E-state index contributed by atoms with van der Waals surface area (Å²) in [5.41, 5.74) is 0. The fourth-order valence-corrected chi connectivity index (χ4v) is 3.22. The topological polar surface area (TPSA) is 15.3 Å². The van der Waals surface area contributed by atoms with E-state index in [1.807, 2.05) is 0 Å². The van der Waals surface area contributed by atoms with E-state index in [-0.39, 0.29) is 0 Å². The number of nitrogens with zero attached hydrogens (tertiary/aromatic N) is 1. The first-order valence-electron chi connectivity index (χ1n) is 5.64. The molecule has 2 heteroatoms. The summed E-state index contributed by atoms with van der Waals surface area (Å²) in [4.78, 5) is 2.55. The monoisotopic (exact) mass is 182 g/mol. The van der Waals surface area contributed by atoms with Crippen molar-refractivity contribution in [2.45, 2.75) is 38.8 Å². The van der Waals surface area contributed by atoms with Crippen LogP contribution in [0.3, 0.4) is 0 Å². The Morgan fingerprint density at radius 3 is 2.77 bits per heavy atom. The molecule has 3 unspecified atom stereocenters. The highest BCUT2D eigenvalue weighted by atomic mass is 15.2. The molecule has 1 N–H and O–H groups in total. The van der Waals surface area contributed by atoms with Crippen LogP contribution in [-0.2, 0) is 0 Å². The standard InChI is InChI=1S/C11H22N2/c1-8(2)11-10-9(4-6-12-10)5-7-13(11)3/h8-12H,4-7H2,1-3H3. The normalized spacial score (nSPS) is 41.1. The van der Waals surface area contributed by atoms with Gasteiger partial charge in [0.25, 0.3) is 0 Å². The molecule has 0 aromatic rings. The summed E-state index contributed by atoms with van der Waals surface area (Å²) < 4.78 is 0. The zero-order chi connectivity index (χ0) is 9.42. The quantitative estimate of drug-likeness (QED) is 0.658. The lowest BCUT2D eigenvalue weighted by atomic mass is 9.82. The summed E-state index contributed by atoms with van der Waals surface area (Å²) in [6.07, 6.45) is 2.80. The summed E-state index contributed by atoms with van der Waals surface area (Å²) in [6, 6.07) is 1.54. The van der Waals surface area contributed by atoms with Crippen molar-refractivity contribution in [3.8, 4) is 0 Å². The fraction of sp³-hybridized carbons (Fsp3) is 1.00. The van der Waals surface area contributed by atoms with Crippen LogP contribution < -0.4 is 5.32 Å². The number of nitrogens with one attached hydrogen (secondary N) is 1. The van der Waals surface area contributed by atoms with Crippen molar-refractivity contribution in [1.29, 1.82) is 0 Å². The van der Waals surface area contributed by atoms with Crippen molar-refractivity contribution in [2.24, 2.45) is 11.8 Å². The Balaban J connectivity index is 2.10. The molecule has 2 rings (SSSR count). The number of likely N-dealkylation sites (tertiary alicyclic amines) is 1. The second kappa shape index (κ2) is 3.58. The number of hydrogen-bond acceptors (Lipinski definition) is 2. The Hall–Kier alpha value is -0.0800. The van der Waals surface area contributed by atoms with Crippen molar-refractivity contribution < 1.29 is 0 Å². The third-order valence-electron chi connectivity index (χ3n) is 3.82. The van der Waals surface area contributed by atoms with Crippen LogP contribution in [0.2, 0.25) is 0 Å². The Kier molecular flexibility index (Phi) is 2.61. The van der Waals surface area contributed by atoms with Gasteiger partial charge < -0.3 is 10.2 Å². The van der Waals surface area contributed by atoms with E-state index in [1.54, 1.807) is 0 Å². The first-order chi connectivity index (χ1) is 6.20. The molecule has 2 aliphatic rings. The second-order valence-corrected chi connectivity index (χ2v) is 5.03. The number of likely N-dealkylation sites (N-methyl/N-ethyl adjacent to an activating group) is 1. The van der Waals surface area contributed by atoms with Crippen molar-refractivity contribution in [1.82, 2.24) is 10.2 Å². The van der Waals surface area contributed by atoms with E-state index in [0.29, 0.717) is 0 Å². The number of piperidine rings is 1. The largest absolute Gasteiger partial charge is 0.312 e. The smallest absolute Gasteiger partial charge is 0.0271 e. The summed E-state index contributed by atoms with van der Waals surface area (Å²) in [6.45, 7) is 7.24. The molecule has 2 saturated heterocycles. The van der Waals surface area contributed by atoms with Crippen LogP contribution >= 0.6 is 0 Å². The van der Waals surface area contributed by atoms with Gasteiger partial charge in [0.15, 0.2) is 0 Å². The van der Waals surface area contributed by atoms with Crippen LogP contribution in [-0.4, -0.2) is 37.1 Å². The number of rotatable bonds is 1. The molecule has 2 nitrogen and oxygen atoms in total. The van der Waals surface area contributed by atoms with E-state index in [0.717, 1.165) is 23.9 Å². The fourth-order valence-electron chi connectivity index (χ4n) is 3.22. The first kappa shape index (κ1) is 9.47. The van der Waals surface area contributed by atoms with E-state index >= 15 is 0 Å². The maximum Gasteiger partial charge on any atom is 0.0271 e. The molecule has 0 spiro atoms. The van der Waals surface area contributed by atoms with Gasteiger partial charge in [-0.3, -0.25) is 0 Å². The van der Waals surface area contributed by atoms with Gasteiger partial charge in [-0.25, -0.2) is 0 Å². The molecular formula is C11H22N2. The molecule has 76 valence electrons. The van der Waals surface area contributed by atoms with Crippen molar-refractivity contribution in [3.05, 3.63) is 0 Å². The van der Waals surface area contributed by atoms with E-state index < -0.39 is 0 Å². The molecule has 0 bridgehead atoms. The molecule has 0 saturated carbocycles. The summed E-state index contributed by atoms with van der Waals surface area (Å²) in [7, 11) is 2.28. The highest BCUT2D eigenvalue weighted by Gasteiger charge is 2.40. The van der Waals surface area contributed by atoms with Crippen LogP contribution in [0.25, 0.3) is 0 Å². The molecule has 0 aromatic carbocycles. The Bertz CT molecular complexity index is 179. The Morgan fingerprint density at radius 1 is 1.31 bits per heavy atom. The van der Waals surface area contributed by atoms with Crippen molar-refractivity contribution in [2.75, 3.05) is 20.1 Å². The average molecular weight is 182 g/mol.